The van der Waals surface area contributed by atoms with Gasteiger partial charge in [-0.25, -0.2) is 0 Å². The van der Waals surface area contributed by atoms with Gasteiger partial charge in [-0.2, -0.15) is 0 Å². The van der Waals surface area contributed by atoms with Crippen molar-refractivity contribution in [2.45, 2.75) is 0 Å². The summed E-state index contributed by atoms with van der Waals surface area (Å²) in [5, 5.41) is 13.6. The van der Waals surface area contributed by atoms with Gasteiger partial charge in [0.25, 0.3) is 5.09 Å². The first-order valence-corrected chi connectivity index (χ1v) is 0.565. The summed E-state index contributed by atoms with van der Waals surface area (Å²) < 4.78 is 0. The van der Waals surface area contributed by atoms with E-state index >= 15 is 0 Å². The molecule has 0 unspecified atom stereocenters. The van der Waals surface area contributed by atoms with E-state index in [1.165, 1.54) is 0 Å². The average Bonchev–Trinajstić information content (AvgIpc) is 0.811. The van der Waals surface area contributed by atoms with Crippen LogP contribution in [0, 0.1) is 10.1 Å². The van der Waals surface area contributed by atoms with Crippen molar-refractivity contribution >= 4 is 18.9 Å². The molecule has 7 heavy (non-hydrogen) atoms. The van der Waals surface area contributed by atoms with E-state index in [2.05, 4.69) is 0 Å². The number of nitrogens with zero attached hydrogens (tertiary/aromatic N) is 1. The van der Waals surface area contributed by atoms with E-state index in [1.807, 2.05) is 0 Å². The molecule has 0 heterocycles. The van der Waals surface area contributed by atoms with Gasteiger partial charge in [0.05, 0.1) is 0 Å². The fourth-order valence-electron chi connectivity index (χ4n) is 0. The van der Waals surface area contributed by atoms with Crippen LogP contribution in [0.25, 0.3) is 0 Å². The first kappa shape index (κ1) is 26.4. The van der Waals surface area contributed by atoms with Gasteiger partial charge >= 0.3 is 37.7 Å². The summed E-state index contributed by atoms with van der Waals surface area (Å²) in [7, 11) is 0. The van der Waals surface area contributed by atoms with Crippen molar-refractivity contribution in [2.24, 2.45) is 0 Å². The van der Waals surface area contributed by atoms with Crippen molar-refractivity contribution in [2.75, 3.05) is 0 Å². The van der Waals surface area contributed by atoms with Crippen LogP contribution >= 0.6 is 0 Å². The Morgan fingerprint density at radius 1 is 1.57 bits per heavy atom. The molecule has 0 aromatic heterocycles. The van der Waals surface area contributed by atoms with E-state index in [-0.39, 0.29) is 43.2 Å². The molecular formula is H4Li2NO4+. The van der Waals surface area contributed by atoms with Crippen molar-refractivity contribution < 1.29 is 34.6 Å². The van der Waals surface area contributed by atoms with Gasteiger partial charge in [-0.05, 0) is 0 Å². The Labute approximate surface area is 63.9 Å². The summed E-state index contributed by atoms with van der Waals surface area (Å²) in [6.45, 7) is 0. The molecule has 0 saturated heterocycles. The third-order valence-corrected chi connectivity index (χ3v) is 0. The molecule has 7 heteroatoms. The summed E-state index contributed by atoms with van der Waals surface area (Å²) in [6.07, 6.45) is 0. The Hall–Kier alpha value is 0.355. The molecule has 0 saturated carbocycles. The van der Waals surface area contributed by atoms with Crippen molar-refractivity contribution in [1.29, 1.82) is 0 Å². The minimum atomic E-state index is -1.50. The Bertz CT molecular complexity index is 32.7. The van der Waals surface area contributed by atoms with E-state index in [0.717, 1.165) is 0 Å². The Morgan fingerprint density at radius 2 is 1.57 bits per heavy atom. The Morgan fingerprint density at radius 3 is 1.57 bits per heavy atom. The molecule has 3 N–H and O–H groups in total. The molecule has 0 fully saturated rings. The molecule has 0 bridgehead atoms. The average molecular weight is 95.9 g/mol. The number of hydrogen-bond acceptors (Lipinski definition) is 2. The first-order valence-electron chi connectivity index (χ1n) is 0.565. The van der Waals surface area contributed by atoms with Crippen molar-refractivity contribution in [1.82, 2.24) is 0 Å². The molecule has 0 atom stereocenters. The molecule has 34 valence electrons. The summed E-state index contributed by atoms with van der Waals surface area (Å²) in [5.74, 6) is 0. The number of rotatable bonds is 0. The van der Waals surface area contributed by atoms with Crippen LogP contribution in [0.3, 0.4) is 0 Å². The maximum absolute atomic E-state index is 8.36. The van der Waals surface area contributed by atoms with Crippen LogP contribution < -0.4 is 18.9 Å². The second-order valence-electron chi connectivity index (χ2n) is 0.238. The molecule has 5 nitrogen and oxygen atoms in total. The second-order valence-corrected chi connectivity index (χ2v) is 0.238. The summed E-state index contributed by atoms with van der Waals surface area (Å²) in [4.78, 5) is 8.36. The zero-order chi connectivity index (χ0) is 3.58. The van der Waals surface area contributed by atoms with Crippen LogP contribution in [0.2, 0.25) is 0 Å². The molecule has 0 amide bonds. The third-order valence-electron chi connectivity index (χ3n) is 0. The van der Waals surface area contributed by atoms with Crippen LogP contribution in [0.1, 0.15) is 0 Å². The van der Waals surface area contributed by atoms with E-state index < -0.39 is 5.09 Å². The summed E-state index contributed by atoms with van der Waals surface area (Å²) >= 11 is 0. The van der Waals surface area contributed by atoms with E-state index in [1.54, 1.807) is 0 Å². The summed E-state index contributed by atoms with van der Waals surface area (Å²) in [5.41, 5.74) is 0. The maximum atomic E-state index is 8.36. The predicted octanol–water partition coefficient (Wildman–Crippen LogP) is -4.82. The topological polar surface area (TPSA) is 94.9 Å². The number of hydrogen-bond donors (Lipinski definition) is 1. The van der Waals surface area contributed by atoms with Crippen LogP contribution in [-0.2, 0) is 0 Å². The summed E-state index contributed by atoms with van der Waals surface area (Å²) in [6, 6.07) is 0. The zero-order valence-electron chi connectivity index (χ0n) is 3.21. The molecule has 0 radical (unpaired) electrons. The second kappa shape index (κ2) is 16.2. The fraction of sp³-hybridized carbons (Fsp3) is 0. The molecule has 0 aromatic carbocycles. The quantitative estimate of drug-likeness (QED) is 0.186. The molecular weight excluding hydrogens is 91.9 g/mol. The van der Waals surface area contributed by atoms with Gasteiger partial charge in [-0.15, -0.1) is 10.1 Å². The van der Waals surface area contributed by atoms with Gasteiger partial charge in [0.1, 0.15) is 0 Å². The molecule has 0 aliphatic heterocycles. The molecule has 0 aliphatic carbocycles. The van der Waals surface area contributed by atoms with E-state index in [0.29, 0.717) is 0 Å². The van der Waals surface area contributed by atoms with Gasteiger partial charge in [0.2, 0.25) is 0 Å². The SMILES string of the molecule is O.O=[N+]([O-])O.[Li+].[LiH]. The van der Waals surface area contributed by atoms with Crippen molar-refractivity contribution in [3.63, 3.8) is 0 Å². The van der Waals surface area contributed by atoms with Gasteiger partial charge in [0, 0.05) is 0 Å². The van der Waals surface area contributed by atoms with Gasteiger partial charge < -0.3 is 10.7 Å². The molecule has 0 aliphatic rings. The third kappa shape index (κ3) is 957. The fourth-order valence-corrected chi connectivity index (χ4v) is 0. The molecule has 0 rings (SSSR count). The van der Waals surface area contributed by atoms with Gasteiger partial charge in [-0.3, -0.25) is 0 Å². The minimum absolute atomic E-state index is 0. The Kier molecular flexibility index (Phi) is 61.0. The van der Waals surface area contributed by atoms with Crippen LogP contribution in [-0.4, -0.2) is 34.6 Å². The predicted molar refractivity (Wildman–Crippen MR) is 19.5 cm³/mol. The van der Waals surface area contributed by atoms with Gasteiger partial charge in [0.15, 0.2) is 0 Å². The van der Waals surface area contributed by atoms with Gasteiger partial charge in [-0.1, -0.05) is 0 Å². The van der Waals surface area contributed by atoms with Crippen LogP contribution in [0.4, 0.5) is 0 Å². The van der Waals surface area contributed by atoms with E-state index in [9.17, 15) is 0 Å². The monoisotopic (exact) mass is 96.0 g/mol. The molecule has 0 spiro atoms. The standard InChI is InChI=1S/2Li.HNO3.H2O.H/c;;2-1(3)4;;/h;;(H,2,3,4);1H2;/q;+1;;;. The van der Waals surface area contributed by atoms with E-state index in [4.69, 9.17) is 15.3 Å². The van der Waals surface area contributed by atoms with Crippen LogP contribution in [0.5, 0.6) is 0 Å². The van der Waals surface area contributed by atoms with Crippen LogP contribution in [0.15, 0.2) is 0 Å². The van der Waals surface area contributed by atoms with Crippen molar-refractivity contribution in [3.05, 3.63) is 10.1 Å². The Balaban J connectivity index is -0.0000000150. The zero-order valence-corrected chi connectivity index (χ0v) is 3.21. The first-order chi connectivity index (χ1) is 1.73. The molecule has 0 aromatic rings. The normalized spacial score (nSPS) is 3.43. The van der Waals surface area contributed by atoms with Crippen molar-refractivity contribution in [3.8, 4) is 0 Å².